The van der Waals surface area contributed by atoms with E-state index in [2.05, 4.69) is 10.0 Å². The molecule has 1 aliphatic heterocycles. The van der Waals surface area contributed by atoms with Crippen molar-refractivity contribution in [2.45, 2.75) is 13.3 Å². The topological polar surface area (TPSA) is 93.7 Å². The highest BCUT2D eigenvalue weighted by molar-refractivity contribution is 7.92. The van der Waals surface area contributed by atoms with Gasteiger partial charge in [0, 0.05) is 6.54 Å². The van der Waals surface area contributed by atoms with E-state index in [1.54, 1.807) is 18.2 Å². The third kappa shape index (κ3) is 4.45. The van der Waals surface area contributed by atoms with Crippen LogP contribution in [-0.2, 0) is 16.4 Å². The number of hydrogen-bond acceptors (Lipinski definition) is 5. The SMILES string of the molecule is Cc1ccc(NS(C)(=O)=O)c(C(=O)NCCc2ccc3c(c2)OCO3)c1. The van der Waals surface area contributed by atoms with Crippen molar-refractivity contribution in [3.63, 3.8) is 0 Å². The number of anilines is 1. The van der Waals surface area contributed by atoms with Crippen LogP contribution >= 0.6 is 0 Å². The van der Waals surface area contributed by atoms with Gasteiger partial charge in [0.1, 0.15) is 0 Å². The van der Waals surface area contributed by atoms with E-state index in [0.29, 0.717) is 30.0 Å². The van der Waals surface area contributed by atoms with E-state index in [-0.39, 0.29) is 18.4 Å². The number of fused-ring (bicyclic) bond motifs is 1. The average molecular weight is 376 g/mol. The molecule has 1 amide bonds. The predicted molar refractivity (Wildman–Crippen MR) is 98.2 cm³/mol. The molecule has 7 nitrogen and oxygen atoms in total. The van der Waals surface area contributed by atoms with Crippen LogP contribution in [0.4, 0.5) is 5.69 Å². The normalized spacial score (nSPS) is 12.7. The van der Waals surface area contributed by atoms with Crippen molar-refractivity contribution in [1.82, 2.24) is 5.32 Å². The second kappa shape index (κ2) is 7.25. The van der Waals surface area contributed by atoms with E-state index in [1.165, 1.54) is 0 Å². The summed E-state index contributed by atoms with van der Waals surface area (Å²) in [4.78, 5) is 12.5. The maximum absolute atomic E-state index is 12.5. The van der Waals surface area contributed by atoms with Crippen LogP contribution in [0, 0.1) is 6.92 Å². The van der Waals surface area contributed by atoms with Crippen LogP contribution in [0.5, 0.6) is 11.5 Å². The van der Waals surface area contributed by atoms with Crippen molar-refractivity contribution in [3.8, 4) is 11.5 Å². The molecule has 0 radical (unpaired) electrons. The molecule has 0 spiro atoms. The fraction of sp³-hybridized carbons (Fsp3) is 0.278. The summed E-state index contributed by atoms with van der Waals surface area (Å²) >= 11 is 0. The Hall–Kier alpha value is -2.74. The lowest BCUT2D eigenvalue weighted by Crippen LogP contribution is -2.27. The predicted octanol–water partition coefficient (Wildman–Crippen LogP) is 2.07. The molecule has 0 atom stereocenters. The molecule has 2 aromatic carbocycles. The monoisotopic (exact) mass is 376 g/mol. The first kappa shape index (κ1) is 18.1. The minimum atomic E-state index is -3.47. The van der Waals surface area contributed by atoms with Crippen molar-refractivity contribution in [1.29, 1.82) is 0 Å². The quantitative estimate of drug-likeness (QED) is 0.805. The van der Waals surface area contributed by atoms with Crippen LogP contribution in [0.15, 0.2) is 36.4 Å². The van der Waals surface area contributed by atoms with Gasteiger partial charge in [-0.25, -0.2) is 8.42 Å². The largest absolute Gasteiger partial charge is 0.454 e. The zero-order valence-corrected chi connectivity index (χ0v) is 15.4. The van der Waals surface area contributed by atoms with Crippen molar-refractivity contribution in [2.75, 3.05) is 24.3 Å². The van der Waals surface area contributed by atoms with Crippen molar-refractivity contribution < 1.29 is 22.7 Å². The molecule has 0 unspecified atom stereocenters. The number of hydrogen-bond donors (Lipinski definition) is 2. The van der Waals surface area contributed by atoms with Crippen LogP contribution < -0.4 is 19.5 Å². The van der Waals surface area contributed by atoms with Gasteiger partial charge >= 0.3 is 0 Å². The minimum absolute atomic E-state index is 0.221. The maximum Gasteiger partial charge on any atom is 0.253 e. The van der Waals surface area contributed by atoms with Crippen LogP contribution in [0.1, 0.15) is 21.5 Å². The first-order valence-corrected chi connectivity index (χ1v) is 9.96. The van der Waals surface area contributed by atoms with Gasteiger partial charge in [-0.15, -0.1) is 0 Å². The minimum Gasteiger partial charge on any atom is -0.454 e. The third-order valence-corrected chi connectivity index (χ3v) is 4.44. The van der Waals surface area contributed by atoms with Crippen LogP contribution in [0.25, 0.3) is 0 Å². The molecule has 8 heteroatoms. The number of ether oxygens (including phenoxy) is 2. The number of amides is 1. The molecule has 0 saturated heterocycles. The Balaban J connectivity index is 1.65. The summed E-state index contributed by atoms with van der Waals surface area (Å²) in [5.41, 5.74) is 2.43. The molecule has 2 N–H and O–H groups in total. The Morgan fingerprint density at radius 3 is 2.65 bits per heavy atom. The second-order valence-electron chi connectivity index (χ2n) is 6.12. The van der Waals surface area contributed by atoms with E-state index in [1.807, 2.05) is 25.1 Å². The molecule has 0 saturated carbocycles. The summed E-state index contributed by atoms with van der Waals surface area (Å²) < 4.78 is 36.0. The molecule has 0 aromatic heterocycles. The number of aryl methyl sites for hydroxylation is 1. The second-order valence-corrected chi connectivity index (χ2v) is 7.87. The molecule has 0 aliphatic carbocycles. The zero-order chi connectivity index (χ0) is 18.7. The third-order valence-electron chi connectivity index (χ3n) is 3.85. The van der Waals surface area contributed by atoms with E-state index in [4.69, 9.17) is 9.47 Å². The summed E-state index contributed by atoms with van der Waals surface area (Å²) in [6.45, 7) is 2.47. The molecule has 1 aliphatic rings. The smallest absolute Gasteiger partial charge is 0.253 e. The molecular formula is C18H20N2O5S. The van der Waals surface area contributed by atoms with Gasteiger partial charge in [0.15, 0.2) is 11.5 Å². The molecule has 0 fully saturated rings. The molecule has 2 aromatic rings. The van der Waals surface area contributed by atoms with E-state index in [9.17, 15) is 13.2 Å². The van der Waals surface area contributed by atoms with Gasteiger partial charge in [0.2, 0.25) is 16.8 Å². The van der Waals surface area contributed by atoms with Gasteiger partial charge in [-0.05, 0) is 43.2 Å². The fourth-order valence-electron chi connectivity index (χ4n) is 2.65. The molecular weight excluding hydrogens is 356 g/mol. The Kier molecular flexibility index (Phi) is 5.03. The van der Waals surface area contributed by atoms with Crippen LogP contribution in [0.3, 0.4) is 0 Å². The van der Waals surface area contributed by atoms with E-state index < -0.39 is 10.0 Å². The van der Waals surface area contributed by atoms with Gasteiger partial charge in [0.25, 0.3) is 5.91 Å². The average Bonchev–Trinajstić information content (AvgIpc) is 3.03. The van der Waals surface area contributed by atoms with Crippen LogP contribution in [0.2, 0.25) is 0 Å². The number of carbonyl (C=O) groups excluding carboxylic acids is 1. The highest BCUT2D eigenvalue weighted by atomic mass is 32.2. The zero-order valence-electron chi connectivity index (χ0n) is 14.5. The first-order chi connectivity index (χ1) is 12.3. The highest BCUT2D eigenvalue weighted by Crippen LogP contribution is 2.32. The summed E-state index contributed by atoms with van der Waals surface area (Å²) in [6.07, 6.45) is 1.66. The Morgan fingerprint density at radius 2 is 1.88 bits per heavy atom. The number of carbonyl (C=O) groups is 1. The van der Waals surface area contributed by atoms with Crippen LogP contribution in [-0.4, -0.2) is 33.9 Å². The van der Waals surface area contributed by atoms with Gasteiger partial charge in [-0.3, -0.25) is 9.52 Å². The first-order valence-electron chi connectivity index (χ1n) is 8.07. The number of nitrogens with one attached hydrogen (secondary N) is 2. The Labute approximate surface area is 152 Å². The molecule has 3 rings (SSSR count). The van der Waals surface area contributed by atoms with E-state index >= 15 is 0 Å². The summed E-state index contributed by atoms with van der Waals surface area (Å²) in [5, 5.41) is 2.82. The molecule has 1 heterocycles. The standard InChI is InChI=1S/C18H20N2O5S/c1-12-3-5-15(20-26(2,22)23)14(9-12)18(21)19-8-7-13-4-6-16-17(10-13)25-11-24-16/h3-6,9-10,20H,7-8,11H2,1-2H3,(H,19,21). The molecule has 0 bridgehead atoms. The lowest BCUT2D eigenvalue weighted by Gasteiger charge is -2.12. The molecule has 138 valence electrons. The number of sulfonamides is 1. The van der Waals surface area contributed by atoms with Gasteiger partial charge < -0.3 is 14.8 Å². The molecule has 26 heavy (non-hydrogen) atoms. The number of rotatable bonds is 6. The Bertz CT molecular complexity index is 941. The lowest BCUT2D eigenvalue weighted by molar-refractivity contribution is 0.0955. The lowest BCUT2D eigenvalue weighted by atomic mass is 10.1. The van der Waals surface area contributed by atoms with E-state index in [0.717, 1.165) is 17.4 Å². The summed E-state index contributed by atoms with van der Waals surface area (Å²) in [5.74, 6) is 1.08. The van der Waals surface area contributed by atoms with Crippen molar-refractivity contribution in [3.05, 3.63) is 53.1 Å². The maximum atomic E-state index is 12.5. The van der Waals surface area contributed by atoms with Gasteiger partial charge in [-0.2, -0.15) is 0 Å². The van der Waals surface area contributed by atoms with Crippen molar-refractivity contribution in [2.24, 2.45) is 0 Å². The summed E-state index contributed by atoms with van der Waals surface area (Å²) in [6, 6.07) is 10.6. The van der Waals surface area contributed by atoms with Gasteiger partial charge in [-0.1, -0.05) is 17.7 Å². The highest BCUT2D eigenvalue weighted by Gasteiger charge is 2.15. The fourth-order valence-corrected chi connectivity index (χ4v) is 3.22. The van der Waals surface area contributed by atoms with Gasteiger partial charge in [0.05, 0.1) is 17.5 Å². The van der Waals surface area contributed by atoms with Crippen molar-refractivity contribution >= 4 is 21.6 Å². The Morgan fingerprint density at radius 1 is 1.12 bits per heavy atom. The summed E-state index contributed by atoms with van der Waals surface area (Å²) in [7, 11) is -3.47. The number of benzene rings is 2.